The number of benzene rings is 1. The third-order valence-electron chi connectivity index (χ3n) is 2.65. The average molecular weight is 283 g/mol. The first-order valence-electron chi connectivity index (χ1n) is 6.01. The number of nitrogens with zero attached hydrogens (tertiary/aromatic N) is 3. The molecule has 0 aliphatic heterocycles. The van der Waals surface area contributed by atoms with Gasteiger partial charge in [-0.2, -0.15) is 0 Å². The van der Waals surface area contributed by atoms with E-state index in [1.807, 2.05) is 18.2 Å². The van der Waals surface area contributed by atoms with Crippen LogP contribution in [0.1, 0.15) is 0 Å². The van der Waals surface area contributed by atoms with Crippen LogP contribution in [0, 0.1) is 10.1 Å². The SMILES string of the molecule is O=[N+]([O-])c1ccc(-c2ncncc2Oc2ccccc2)o1. The molecule has 3 aromatic rings. The van der Waals surface area contributed by atoms with Crippen LogP contribution >= 0.6 is 0 Å². The molecule has 0 atom stereocenters. The maximum absolute atomic E-state index is 10.7. The summed E-state index contributed by atoms with van der Waals surface area (Å²) in [6.45, 7) is 0. The Kier molecular flexibility index (Phi) is 3.30. The van der Waals surface area contributed by atoms with Crippen molar-refractivity contribution in [2.24, 2.45) is 0 Å². The van der Waals surface area contributed by atoms with E-state index in [0.29, 0.717) is 17.2 Å². The fourth-order valence-corrected chi connectivity index (χ4v) is 1.75. The number of furan rings is 1. The second kappa shape index (κ2) is 5.41. The summed E-state index contributed by atoms with van der Waals surface area (Å²) in [5.41, 5.74) is 0.349. The van der Waals surface area contributed by atoms with Gasteiger partial charge in [0, 0.05) is 0 Å². The zero-order valence-corrected chi connectivity index (χ0v) is 10.7. The third-order valence-corrected chi connectivity index (χ3v) is 2.65. The van der Waals surface area contributed by atoms with Crippen molar-refractivity contribution in [3.05, 3.63) is 65.1 Å². The second-order valence-electron chi connectivity index (χ2n) is 4.05. The lowest BCUT2D eigenvalue weighted by molar-refractivity contribution is -0.401. The van der Waals surface area contributed by atoms with Crippen LogP contribution in [0.3, 0.4) is 0 Å². The minimum absolute atomic E-state index is 0.245. The summed E-state index contributed by atoms with van der Waals surface area (Å²) >= 11 is 0. The van der Waals surface area contributed by atoms with E-state index in [4.69, 9.17) is 9.15 Å². The Labute approximate surface area is 119 Å². The van der Waals surface area contributed by atoms with Gasteiger partial charge in [-0.1, -0.05) is 18.2 Å². The quantitative estimate of drug-likeness (QED) is 0.538. The first-order chi connectivity index (χ1) is 10.2. The summed E-state index contributed by atoms with van der Waals surface area (Å²) in [7, 11) is 0. The van der Waals surface area contributed by atoms with Crippen LogP contribution in [0.4, 0.5) is 5.88 Å². The normalized spacial score (nSPS) is 10.3. The number of ether oxygens (including phenoxy) is 1. The lowest BCUT2D eigenvalue weighted by Gasteiger charge is -2.07. The van der Waals surface area contributed by atoms with Crippen molar-refractivity contribution in [3.8, 4) is 23.0 Å². The van der Waals surface area contributed by atoms with Gasteiger partial charge >= 0.3 is 5.88 Å². The molecule has 0 bridgehead atoms. The van der Waals surface area contributed by atoms with Crippen LogP contribution in [0.15, 0.2) is 59.4 Å². The molecule has 1 aromatic carbocycles. The van der Waals surface area contributed by atoms with E-state index in [1.165, 1.54) is 24.7 Å². The van der Waals surface area contributed by atoms with Crippen LogP contribution in [-0.2, 0) is 0 Å². The largest absolute Gasteiger partial charge is 0.453 e. The van der Waals surface area contributed by atoms with E-state index < -0.39 is 4.92 Å². The van der Waals surface area contributed by atoms with Gasteiger partial charge < -0.3 is 9.15 Å². The summed E-state index contributed by atoms with van der Waals surface area (Å²) in [6.07, 6.45) is 2.80. The molecule has 0 unspecified atom stereocenters. The van der Waals surface area contributed by atoms with E-state index in [1.54, 1.807) is 12.1 Å². The predicted octanol–water partition coefficient (Wildman–Crippen LogP) is 3.44. The highest BCUT2D eigenvalue weighted by molar-refractivity contribution is 5.61. The van der Waals surface area contributed by atoms with Gasteiger partial charge in [0.25, 0.3) is 0 Å². The Morgan fingerprint density at radius 3 is 2.67 bits per heavy atom. The maximum Gasteiger partial charge on any atom is 0.433 e. The van der Waals surface area contributed by atoms with Crippen LogP contribution < -0.4 is 4.74 Å². The van der Waals surface area contributed by atoms with E-state index in [9.17, 15) is 10.1 Å². The van der Waals surface area contributed by atoms with Crippen molar-refractivity contribution in [3.63, 3.8) is 0 Å². The molecule has 2 heterocycles. The van der Waals surface area contributed by atoms with E-state index in [0.717, 1.165) is 0 Å². The molecule has 0 fully saturated rings. The van der Waals surface area contributed by atoms with Crippen molar-refractivity contribution in [2.45, 2.75) is 0 Å². The van der Waals surface area contributed by atoms with E-state index >= 15 is 0 Å². The molecule has 0 N–H and O–H groups in total. The summed E-state index contributed by atoms with van der Waals surface area (Å²) in [4.78, 5) is 18.0. The van der Waals surface area contributed by atoms with Gasteiger partial charge in [-0.05, 0) is 18.2 Å². The average Bonchev–Trinajstić information content (AvgIpc) is 2.99. The molecule has 0 amide bonds. The van der Waals surface area contributed by atoms with Crippen molar-refractivity contribution < 1.29 is 14.1 Å². The summed E-state index contributed by atoms with van der Waals surface area (Å²) in [5, 5.41) is 10.7. The highest BCUT2D eigenvalue weighted by Crippen LogP contribution is 2.33. The monoisotopic (exact) mass is 283 g/mol. The lowest BCUT2D eigenvalue weighted by Crippen LogP contribution is -1.91. The van der Waals surface area contributed by atoms with Crippen molar-refractivity contribution in [2.75, 3.05) is 0 Å². The number of aromatic nitrogens is 2. The Balaban J connectivity index is 1.97. The molecular formula is C14H9N3O4. The number of nitro groups is 1. The highest BCUT2D eigenvalue weighted by Gasteiger charge is 2.17. The number of hydrogen-bond acceptors (Lipinski definition) is 6. The number of rotatable bonds is 4. The molecule has 0 aliphatic carbocycles. The molecular weight excluding hydrogens is 274 g/mol. The molecule has 0 spiro atoms. The Morgan fingerprint density at radius 1 is 1.14 bits per heavy atom. The van der Waals surface area contributed by atoms with E-state index in [2.05, 4.69) is 9.97 Å². The summed E-state index contributed by atoms with van der Waals surface area (Å²) < 4.78 is 10.8. The fraction of sp³-hybridized carbons (Fsp3) is 0. The van der Waals surface area contributed by atoms with Crippen molar-refractivity contribution in [1.29, 1.82) is 0 Å². The highest BCUT2D eigenvalue weighted by atomic mass is 16.6. The summed E-state index contributed by atoms with van der Waals surface area (Å²) in [6, 6.07) is 11.8. The Morgan fingerprint density at radius 2 is 1.95 bits per heavy atom. The zero-order valence-electron chi connectivity index (χ0n) is 10.7. The molecule has 21 heavy (non-hydrogen) atoms. The Hall–Kier alpha value is -3.22. The van der Waals surface area contributed by atoms with Crippen molar-refractivity contribution in [1.82, 2.24) is 9.97 Å². The molecule has 2 aromatic heterocycles. The fourth-order valence-electron chi connectivity index (χ4n) is 1.75. The Bertz CT molecular complexity index is 771. The lowest BCUT2D eigenvalue weighted by atomic mass is 10.3. The number of hydrogen-bond donors (Lipinski definition) is 0. The van der Waals surface area contributed by atoms with Crippen LogP contribution in [0.25, 0.3) is 11.5 Å². The van der Waals surface area contributed by atoms with Gasteiger partial charge in [0.05, 0.1) is 12.3 Å². The van der Waals surface area contributed by atoms with E-state index in [-0.39, 0.29) is 11.6 Å². The van der Waals surface area contributed by atoms with Crippen LogP contribution in [-0.4, -0.2) is 14.9 Å². The van der Waals surface area contributed by atoms with Crippen LogP contribution in [0.2, 0.25) is 0 Å². The molecule has 7 nitrogen and oxygen atoms in total. The van der Waals surface area contributed by atoms with Crippen molar-refractivity contribution >= 4 is 5.88 Å². The summed E-state index contributed by atoms with van der Waals surface area (Å²) in [5.74, 6) is 0.854. The third kappa shape index (κ3) is 2.71. The van der Waals surface area contributed by atoms with Gasteiger partial charge in [-0.3, -0.25) is 10.1 Å². The molecule has 0 radical (unpaired) electrons. The minimum Gasteiger partial charge on any atom is -0.453 e. The first-order valence-corrected chi connectivity index (χ1v) is 6.01. The van der Waals surface area contributed by atoms with Gasteiger partial charge in [0.15, 0.2) is 17.2 Å². The second-order valence-corrected chi connectivity index (χ2v) is 4.05. The zero-order chi connectivity index (χ0) is 14.7. The standard InChI is InChI=1S/C14H9N3O4/c18-17(19)13-7-6-11(21-13)14-12(8-15-9-16-14)20-10-4-2-1-3-5-10/h1-9H. The molecule has 7 heteroatoms. The first kappa shape index (κ1) is 12.8. The number of para-hydroxylation sites is 1. The molecule has 0 saturated carbocycles. The molecule has 104 valence electrons. The van der Waals surface area contributed by atoms with Gasteiger partial charge in [-0.25, -0.2) is 9.97 Å². The minimum atomic E-state index is -0.609. The maximum atomic E-state index is 10.7. The topological polar surface area (TPSA) is 91.3 Å². The smallest absolute Gasteiger partial charge is 0.433 e. The molecule has 0 aliphatic rings. The van der Waals surface area contributed by atoms with Gasteiger partial charge in [-0.15, -0.1) is 0 Å². The van der Waals surface area contributed by atoms with Crippen LogP contribution in [0.5, 0.6) is 11.5 Å². The predicted molar refractivity (Wildman–Crippen MR) is 72.9 cm³/mol. The van der Waals surface area contributed by atoms with Gasteiger partial charge in [0.2, 0.25) is 0 Å². The van der Waals surface area contributed by atoms with Gasteiger partial charge in [0.1, 0.15) is 17.0 Å². The molecule has 0 saturated heterocycles. The molecule has 3 rings (SSSR count).